The molecule has 20 heavy (non-hydrogen) atoms. The average molecular weight is 388 g/mol. The Bertz CT molecular complexity index is 537. The molecule has 6 heteroatoms. The Kier molecular flexibility index (Phi) is 3.87. The number of nitrogens with two attached hydrogens (primary N) is 1. The van der Waals surface area contributed by atoms with Crippen molar-refractivity contribution in [3.05, 3.63) is 27.3 Å². The lowest BCUT2D eigenvalue weighted by Crippen LogP contribution is -2.72. The van der Waals surface area contributed by atoms with Crippen LogP contribution >= 0.6 is 22.6 Å². The van der Waals surface area contributed by atoms with E-state index in [9.17, 15) is 9.90 Å². The summed E-state index contributed by atoms with van der Waals surface area (Å²) in [6, 6.07) is 4.72. The number of benzene rings is 1. The van der Waals surface area contributed by atoms with Crippen molar-refractivity contribution in [1.82, 2.24) is 5.32 Å². The van der Waals surface area contributed by atoms with Gasteiger partial charge in [-0.1, -0.05) is 0 Å². The van der Waals surface area contributed by atoms with E-state index in [0.717, 1.165) is 23.0 Å². The Morgan fingerprint density at radius 1 is 1.50 bits per heavy atom. The van der Waals surface area contributed by atoms with Gasteiger partial charge in [0.2, 0.25) is 0 Å². The molecule has 1 aliphatic carbocycles. The highest BCUT2D eigenvalue weighted by atomic mass is 127. The Morgan fingerprint density at radius 3 is 3.10 bits per heavy atom. The molecular formula is C14H17IN2O3. The second-order valence-electron chi connectivity index (χ2n) is 5.38. The van der Waals surface area contributed by atoms with Gasteiger partial charge in [0.15, 0.2) is 0 Å². The Balaban J connectivity index is 1.71. The standard InChI is InChI=1S/C14H17IN2O3/c15-7-3-4-10(18)9(6-7)14(19)17-12-11(16)8-2-1-5-20-13(8)12/h3-4,6,8,11-13,18H,1-2,5,16H2,(H,17,19). The fourth-order valence-electron chi connectivity index (χ4n) is 3.05. The maximum absolute atomic E-state index is 12.3. The second-order valence-corrected chi connectivity index (χ2v) is 6.63. The van der Waals surface area contributed by atoms with Crippen LogP contribution in [0.15, 0.2) is 18.2 Å². The number of carbonyl (C=O) groups is 1. The number of amides is 1. The lowest BCUT2D eigenvalue weighted by Gasteiger charge is -2.52. The third-order valence-corrected chi connectivity index (χ3v) is 4.85. The highest BCUT2D eigenvalue weighted by Gasteiger charge is 2.51. The topological polar surface area (TPSA) is 84.6 Å². The summed E-state index contributed by atoms with van der Waals surface area (Å²) in [4.78, 5) is 12.3. The van der Waals surface area contributed by atoms with Crippen molar-refractivity contribution < 1.29 is 14.6 Å². The first-order valence-corrected chi connectivity index (χ1v) is 7.82. The van der Waals surface area contributed by atoms with Crippen molar-refractivity contribution in [2.24, 2.45) is 11.7 Å². The molecule has 1 aromatic carbocycles. The zero-order valence-electron chi connectivity index (χ0n) is 10.9. The van der Waals surface area contributed by atoms with Gasteiger partial charge >= 0.3 is 0 Å². The van der Waals surface area contributed by atoms with Crippen LogP contribution in [0, 0.1) is 9.49 Å². The number of halogens is 1. The Hall–Kier alpha value is -0.860. The van der Waals surface area contributed by atoms with Gasteiger partial charge in [0.1, 0.15) is 5.75 Å². The van der Waals surface area contributed by atoms with E-state index < -0.39 is 0 Å². The van der Waals surface area contributed by atoms with Gasteiger partial charge < -0.3 is 20.9 Å². The molecule has 1 saturated heterocycles. The SMILES string of the molecule is NC1C2CCCOC2C1NC(=O)c1cc(I)ccc1O. The van der Waals surface area contributed by atoms with Crippen LogP contribution in [0.3, 0.4) is 0 Å². The van der Waals surface area contributed by atoms with Gasteiger partial charge in [-0.2, -0.15) is 0 Å². The number of nitrogens with one attached hydrogen (secondary N) is 1. The minimum atomic E-state index is -0.297. The molecule has 1 amide bonds. The van der Waals surface area contributed by atoms with E-state index in [1.807, 2.05) is 0 Å². The number of phenols is 1. The van der Waals surface area contributed by atoms with Gasteiger partial charge in [0, 0.05) is 22.1 Å². The van der Waals surface area contributed by atoms with E-state index >= 15 is 0 Å². The zero-order valence-corrected chi connectivity index (χ0v) is 13.0. The van der Waals surface area contributed by atoms with Crippen LogP contribution < -0.4 is 11.1 Å². The lowest BCUT2D eigenvalue weighted by atomic mass is 9.68. The second kappa shape index (κ2) is 5.50. The normalized spacial score (nSPS) is 32.1. The van der Waals surface area contributed by atoms with Crippen LogP contribution in [-0.2, 0) is 4.74 Å². The van der Waals surface area contributed by atoms with E-state index in [-0.39, 0.29) is 35.4 Å². The molecule has 4 N–H and O–H groups in total. The molecule has 1 saturated carbocycles. The number of hydrogen-bond donors (Lipinski definition) is 3. The summed E-state index contributed by atoms with van der Waals surface area (Å²) in [7, 11) is 0. The third kappa shape index (κ3) is 2.40. The minimum absolute atomic E-state index is 0.0167. The van der Waals surface area contributed by atoms with Crippen LogP contribution in [0.5, 0.6) is 5.75 Å². The van der Waals surface area contributed by atoms with E-state index in [4.69, 9.17) is 10.5 Å². The highest BCUT2D eigenvalue weighted by Crippen LogP contribution is 2.37. The number of phenolic OH excluding ortho intramolecular Hbond substituents is 1. The number of rotatable bonds is 2. The summed E-state index contributed by atoms with van der Waals surface area (Å²) in [6.07, 6.45) is 2.12. The van der Waals surface area contributed by atoms with E-state index in [1.54, 1.807) is 12.1 Å². The summed E-state index contributed by atoms with van der Waals surface area (Å²) in [5, 5.41) is 12.7. The van der Waals surface area contributed by atoms with Crippen LogP contribution in [0.4, 0.5) is 0 Å². The summed E-state index contributed by atoms with van der Waals surface area (Å²) in [5.41, 5.74) is 6.39. The van der Waals surface area contributed by atoms with Gasteiger partial charge in [0.05, 0.1) is 17.7 Å². The minimum Gasteiger partial charge on any atom is -0.507 e. The quantitative estimate of drug-likeness (QED) is 0.666. The van der Waals surface area contributed by atoms with Crippen molar-refractivity contribution in [3.8, 4) is 5.75 Å². The Morgan fingerprint density at radius 2 is 2.30 bits per heavy atom. The third-order valence-electron chi connectivity index (χ3n) is 4.18. The molecular weight excluding hydrogens is 371 g/mol. The van der Waals surface area contributed by atoms with Gasteiger partial charge in [-0.15, -0.1) is 0 Å². The molecule has 2 aliphatic rings. The summed E-state index contributed by atoms with van der Waals surface area (Å²) in [6.45, 7) is 0.731. The summed E-state index contributed by atoms with van der Waals surface area (Å²) >= 11 is 2.11. The fraction of sp³-hybridized carbons (Fsp3) is 0.500. The van der Waals surface area contributed by atoms with Crippen molar-refractivity contribution >= 4 is 28.5 Å². The monoisotopic (exact) mass is 388 g/mol. The summed E-state index contributed by atoms with van der Waals surface area (Å²) < 4.78 is 6.59. The molecule has 2 fully saturated rings. The molecule has 1 heterocycles. The molecule has 0 aromatic heterocycles. The van der Waals surface area contributed by atoms with Crippen LogP contribution in [0.2, 0.25) is 0 Å². The van der Waals surface area contributed by atoms with Crippen molar-refractivity contribution in [2.75, 3.05) is 6.61 Å². The number of fused-ring (bicyclic) bond motifs is 1. The molecule has 5 nitrogen and oxygen atoms in total. The lowest BCUT2D eigenvalue weighted by molar-refractivity contribution is -0.117. The van der Waals surface area contributed by atoms with Crippen LogP contribution in [0.1, 0.15) is 23.2 Å². The largest absolute Gasteiger partial charge is 0.507 e. The molecule has 4 atom stereocenters. The molecule has 0 spiro atoms. The van der Waals surface area contributed by atoms with Crippen molar-refractivity contribution in [2.45, 2.75) is 31.0 Å². The molecule has 1 aliphatic heterocycles. The zero-order chi connectivity index (χ0) is 14.3. The van der Waals surface area contributed by atoms with E-state index in [1.165, 1.54) is 6.07 Å². The smallest absolute Gasteiger partial charge is 0.255 e. The molecule has 3 rings (SSSR count). The van der Waals surface area contributed by atoms with Gasteiger partial charge in [-0.3, -0.25) is 4.79 Å². The molecule has 0 bridgehead atoms. The first-order valence-electron chi connectivity index (χ1n) is 6.74. The highest BCUT2D eigenvalue weighted by molar-refractivity contribution is 14.1. The predicted octanol–water partition coefficient (Wildman–Crippen LogP) is 1.23. The van der Waals surface area contributed by atoms with Crippen LogP contribution in [0.25, 0.3) is 0 Å². The first-order chi connectivity index (χ1) is 9.58. The van der Waals surface area contributed by atoms with Crippen molar-refractivity contribution in [1.29, 1.82) is 0 Å². The maximum Gasteiger partial charge on any atom is 0.255 e. The van der Waals surface area contributed by atoms with Crippen LogP contribution in [-0.4, -0.2) is 35.8 Å². The average Bonchev–Trinajstić information content (AvgIpc) is 2.46. The molecule has 1 aromatic rings. The molecule has 4 unspecified atom stereocenters. The van der Waals surface area contributed by atoms with Gasteiger partial charge in [-0.25, -0.2) is 0 Å². The summed E-state index contributed by atoms with van der Waals surface area (Å²) in [5.74, 6) is 0.0320. The fourth-order valence-corrected chi connectivity index (χ4v) is 3.54. The number of hydrogen-bond acceptors (Lipinski definition) is 4. The molecule has 0 radical (unpaired) electrons. The van der Waals surface area contributed by atoms with E-state index in [2.05, 4.69) is 27.9 Å². The van der Waals surface area contributed by atoms with E-state index in [0.29, 0.717) is 5.92 Å². The van der Waals surface area contributed by atoms with Crippen molar-refractivity contribution in [3.63, 3.8) is 0 Å². The van der Waals surface area contributed by atoms with Gasteiger partial charge in [0.25, 0.3) is 5.91 Å². The van der Waals surface area contributed by atoms with Gasteiger partial charge in [-0.05, 0) is 53.6 Å². The number of aromatic hydroxyl groups is 1. The molecule has 108 valence electrons. The number of carbonyl (C=O) groups excluding carboxylic acids is 1. The number of ether oxygens (including phenoxy) is 1. The predicted molar refractivity (Wildman–Crippen MR) is 82.5 cm³/mol. The Labute approximate surface area is 131 Å². The first kappa shape index (κ1) is 14.1. The maximum atomic E-state index is 12.3.